The van der Waals surface area contributed by atoms with Gasteiger partial charge < -0.3 is 24.2 Å². The Labute approximate surface area is 223 Å². The molecular formula is C24H28FN2O9PS. The number of terminal acetylenes is 1. The minimum atomic E-state index is -4.33. The molecule has 3 rings (SSSR count). The molecule has 0 bridgehead atoms. The summed E-state index contributed by atoms with van der Waals surface area (Å²) in [5.41, 5.74) is -3.64. The van der Waals surface area contributed by atoms with Crippen molar-refractivity contribution < 1.29 is 42.5 Å². The number of ether oxygens (including phenoxy) is 2. The summed E-state index contributed by atoms with van der Waals surface area (Å²) in [6.45, 7) is 3.46. The van der Waals surface area contributed by atoms with E-state index in [-0.39, 0.29) is 10.4 Å². The molecule has 0 saturated carbocycles. The number of aromatic nitrogens is 2. The van der Waals surface area contributed by atoms with Gasteiger partial charge in [0.25, 0.3) is 5.85 Å². The Bertz CT molecular complexity index is 1360. The number of H-pyrrole nitrogens is 1. The molecule has 1 aliphatic rings. The fourth-order valence-electron chi connectivity index (χ4n) is 3.65. The molecule has 1 aromatic heterocycles. The number of aliphatic hydroxyl groups excluding tert-OH is 1. The molecule has 6 atom stereocenters. The zero-order valence-corrected chi connectivity index (χ0v) is 22.5. The topological polar surface area (TPSA) is 149 Å². The molecular weight excluding hydrogens is 542 g/mol. The third-order valence-electron chi connectivity index (χ3n) is 5.54. The fraction of sp³-hybridized carbons (Fsp3) is 0.458. The second-order valence-corrected chi connectivity index (χ2v) is 11.5. The van der Waals surface area contributed by atoms with Crippen molar-refractivity contribution in [1.82, 2.24) is 9.55 Å². The Morgan fingerprint density at radius 1 is 1.34 bits per heavy atom. The summed E-state index contributed by atoms with van der Waals surface area (Å²) in [5.74, 6) is -2.96. The highest BCUT2D eigenvalue weighted by atomic mass is 32.1. The third kappa shape index (κ3) is 6.40. The molecule has 206 valence electrons. The van der Waals surface area contributed by atoms with E-state index in [4.69, 9.17) is 37.2 Å². The largest absolute Gasteiger partial charge is 0.463 e. The number of alkyl halides is 1. The number of hydrogen-bond donors (Lipinski definition) is 3. The van der Waals surface area contributed by atoms with Crippen LogP contribution in [0.4, 0.5) is 4.39 Å². The number of halogens is 1. The van der Waals surface area contributed by atoms with Crippen LogP contribution in [0, 0.1) is 22.9 Å². The number of carbonyl (C=O) groups is 1. The van der Waals surface area contributed by atoms with Crippen LogP contribution < -0.4 is 10.2 Å². The van der Waals surface area contributed by atoms with E-state index in [1.54, 1.807) is 32.0 Å². The second-order valence-electron chi connectivity index (χ2n) is 9.00. The van der Waals surface area contributed by atoms with Gasteiger partial charge in [-0.15, -0.1) is 6.42 Å². The summed E-state index contributed by atoms with van der Waals surface area (Å²) in [7, 11) is -4.33. The van der Waals surface area contributed by atoms with Crippen LogP contribution in [0.15, 0.2) is 47.4 Å². The van der Waals surface area contributed by atoms with Crippen LogP contribution in [0.2, 0.25) is 0 Å². The molecule has 11 nitrogen and oxygen atoms in total. The predicted molar refractivity (Wildman–Crippen MR) is 136 cm³/mol. The Kier molecular flexibility index (Phi) is 8.98. The number of rotatable bonds is 10. The molecule has 0 spiro atoms. The van der Waals surface area contributed by atoms with Gasteiger partial charge in [-0.1, -0.05) is 43.3 Å². The number of benzene rings is 1. The van der Waals surface area contributed by atoms with Crippen molar-refractivity contribution in [1.29, 1.82) is 0 Å². The maximum Gasteiger partial charge on any atom is 0.380 e. The molecule has 3 N–H and O–H groups in total. The first-order valence-electron chi connectivity index (χ1n) is 11.5. The van der Waals surface area contributed by atoms with Crippen molar-refractivity contribution in [2.24, 2.45) is 5.92 Å². The van der Waals surface area contributed by atoms with Crippen LogP contribution in [0.25, 0.3) is 0 Å². The summed E-state index contributed by atoms with van der Waals surface area (Å²) >= 11 is 4.87. The van der Waals surface area contributed by atoms with Crippen LogP contribution >= 0.6 is 19.8 Å². The lowest BCUT2D eigenvalue weighted by atomic mass is 9.94. The summed E-state index contributed by atoms with van der Waals surface area (Å²) in [6.07, 6.45) is 1.16. The van der Waals surface area contributed by atoms with Crippen LogP contribution in [0.1, 0.15) is 27.0 Å². The van der Waals surface area contributed by atoms with Crippen LogP contribution in [-0.2, 0) is 23.4 Å². The van der Waals surface area contributed by atoms with Crippen LogP contribution in [0.3, 0.4) is 0 Å². The number of nitrogens with zero attached hydrogens (tertiary/aromatic N) is 1. The first kappa shape index (κ1) is 29.7. The van der Waals surface area contributed by atoms with Crippen molar-refractivity contribution in [3.8, 4) is 18.1 Å². The normalized spacial score (nSPS) is 27.3. The zero-order chi connectivity index (χ0) is 28.3. The van der Waals surface area contributed by atoms with E-state index >= 15 is 4.39 Å². The number of esters is 1. The fourth-order valence-corrected chi connectivity index (χ4v) is 5.67. The highest BCUT2D eigenvalue weighted by Gasteiger charge is 2.65. The van der Waals surface area contributed by atoms with Gasteiger partial charge in [0.15, 0.2) is 12.3 Å². The smallest absolute Gasteiger partial charge is 0.380 e. The van der Waals surface area contributed by atoms with Crippen molar-refractivity contribution in [3.05, 3.63) is 57.7 Å². The van der Waals surface area contributed by atoms with E-state index in [1.165, 1.54) is 25.1 Å². The molecule has 2 unspecified atom stereocenters. The van der Waals surface area contributed by atoms with E-state index < -0.39 is 67.8 Å². The lowest BCUT2D eigenvalue weighted by molar-refractivity contribution is -0.203. The lowest BCUT2D eigenvalue weighted by Crippen LogP contribution is -2.51. The van der Waals surface area contributed by atoms with Gasteiger partial charge in [0, 0.05) is 6.20 Å². The SMILES string of the molecule is C#CC1(O)[C@@H](O)[C@@](F)(COP(=O)(C[C@@H](C)C(=O)OC(C)C)Oc2ccccc2)O[C@H]1n1ccc(=S)[nH]c1=O. The summed E-state index contributed by atoms with van der Waals surface area (Å²) in [6, 6.07) is 9.07. The third-order valence-corrected chi connectivity index (χ3v) is 7.79. The molecule has 1 aliphatic heterocycles. The first-order chi connectivity index (χ1) is 17.7. The number of carbonyl (C=O) groups excluding carboxylic acids is 1. The van der Waals surface area contributed by atoms with Gasteiger partial charge >= 0.3 is 19.3 Å². The summed E-state index contributed by atoms with van der Waals surface area (Å²) in [5, 5.41) is 21.6. The Morgan fingerprint density at radius 2 is 2.00 bits per heavy atom. The van der Waals surface area contributed by atoms with Gasteiger partial charge in [-0.2, -0.15) is 0 Å². The Morgan fingerprint density at radius 3 is 2.58 bits per heavy atom. The monoisotopic (exact) mass is 570 g/mol. The van der Waals surface area contributed by atoms with E-state index in [9.17, 15) is 24.4 Å². The van der Waals surface area contributed by atoms with Crippen molar-refractivity contribution in [2.45, 2.75) is 50.7 Å². The highest BCUT2D eigenvalue weighted by molar-refractivity contribution is 7.71. The van der Waals surface area contributed by atoms with Gasteiger partial charge in [-0.05, 0) is 32.0 Å². The first-order valence-corrected chi connectivity index (χ1v) is 13.6. The number of nitrogens with one attached hydrogen (secondary N) is 1. The molecule has 0 amide bonds. The van der Waals surface area contributed by atoms with Crippen molar-refractivity contribution in [2.75, 3.05) is 12.8 Å². The molecule has 1 aromatic carbocycles. The molecule has 2 aromatic rings. The molecule has 2 heterocycles. The van der Waals surface area contributed by atoms with E-state index in [0.717, 1.165) is 6.20 Å². The van der Waals surface area contributed by atoms with E-state index in [2.05, 4.69) is 4.98 Å². The second kappa shape index (κ2) is 11.5. The minimum absolute atomic E-state index is 0.0491. The molecule has 38 heavy (non-hydrogen) atoms. The van der Waals surface area contributed by atoms with Gasteiger partial charge in [0.2, 0.25) is 5.60 Å². The van der Waals surface area contributed by atoms with Crippen LogP contribution in [-0.4, -0.2) is 62.2 Å². The molecule has 0 radical (unpaired) electrons. The molecule has 14 heteroatoms. The number of aromatic amines is 1. The number of hydrogen-bond acceptors (Lipinski definition) is 10. The average molecular weight is 571 g/mol. The lowest BCUT2D eigenvalue weighted by Gasteiger charge is -2.28. The molecule has 0 aliphatic carbocycles. The molecule has 1 fully saturated rings. The van der Waals surface area contributed by atoms with E-state index in [0.29, 0.717) is 4.57 Å². The standard InChI is InChI=1S/C24H28FN2O9PS/c1-5-23(31)20(29)24(25,35-21(23)27-12-11-18(38)26-22(27)30)14-33-37(32,36-17-9-7-6-8-10-17)13-16(4)19(28)34-15(2)3/h1,6-12,15-16,20-21,29,31H,13-14H2,2-4H3,(H,26,30,38)/t16-,20-,21-,23?,24-,37?/m1/s1. The number of aliphatic hydroxyl groups is 2. The maximum absolute atomic E-state index is 16.0. The van der Waals surface area contributed by atoms with Gasteiger partial charge in [-0.3, -0.25) is 18.9 Å². The van der Waals surface area contributed by atoms with Gasteiger partial charge in [0.05, 0.1) is 18.2 Å². The Balaban J connectivity index is 1.90. The van der Waals surface area contributed by atoms with Gasteiger partial charge in [0.1, 0.15) is 17.0 Å². The molecule has 1 saturated heterocycles. The summed E-state index contributed by atoms with van der Waals surface area (Å²) in [4.78, 5) is 27.0. The zero-order valence-electron chi connectivity index (χ0n) is 20.8. The van der Waals surface area contributed by atoms with Crippen molar-refractivity contribution in [3.63, 3.8) is 0 Å². The summed E-state index contributed by atoms with van der Waals surface area (Å²) < 4.78 is 51.8. The van der Waals surface area contributed by atoms with Gasteiger partial charge in [-0.25, -0.2) is 13.8 Å². The quantitative estimate of drug-likeness (QED) is 0.168. The maximum atomic E-state index is 16.0. The minimum Gasteiger partial charge on any atom is -0.463 e. The van der Waals surface area contributed by atoms with Crippen molar-refractivity contribution >= 4 is 25.8 Å². The predicted octanol–water partition coefficient (Wildman–Crippen LogP) is 2.70. The average Bonchev–Trinajstić information content (AvgIpc) is 3.05. The Hall–Kier alpha value is -2.85. The highest BCUT2D eigenvalue weighted by Crippen LogP contribution is 2.53. The van der Waals surface area contributed by atoms with Crippen LogP contribution in [0.5, 0.6) is 5.75 Å². The number of para-hydroxylation sites is 1. The van der Waals surface area contributed by atoms with E-state index in [1.807, 2.05) is 5.92 Å².